The van der Waals surface area contributed by atoms with Crippen LogP contribution in [0.1, 0.15) is 44.0 Å². The monoisotopic (exact) mass is 398 g/mol. The van der Waals surface area contributed by atoms with E-state index in [0.29, 0.717) is 18.8 Å². The first-order valence-electron chi connectivity index (χ1n) is 9.68. The number of nitrogens with one attached hydrogen (secondary N) is 1. The lowest BCUT2D eigenvalue weighted by molar-refractivity contribution is -0.116. The Morgan fingerprint density at radius 3 is 2.50 bits per heavy atom. The fourth-order valence-corrected chi connectivity index (χ4v) is 4.29. The second-order valence-electron chi connectivity index (χ2n) is 6.63. The molecule has 0 bridgehead atoms. The number of anilines is 2. The number of benzene rings is 2. The van der Waals surface area contributed by atoms with E-state index in [4.69, 9.17) is 4.74 Å². The number of carbonyl (C=O) groups is 2. The Morgan fingerprint density at radius 1 is 1.14 bits per heavy atom. The van der Waals surface area contributed by atoms with Gasteiger partial charge in [-0.15, -0.1) is 11.8 Å². The molecule has 0 saturated carbocycles. The summed E-state index contributed by atoms with van der Waals surface area (Å²) in [6.45, 7) is 4.63. The zero-order valence-electron chi connectivity index (χ0n) is 16.3. The van der Waals surface area contributed by atoms with Crippen molar-refractivity contribution in [3.8, 4) is 5.75 Å². The standard InChI is InChI=1S/C22H26N2O3S/c1-3-5-6-20(25)23-17-9-7-16(8-10-17)22-24(21(26)15-28-22)18-11-13-19(14-12-18)27-4-2/h7-14,22H,3-6,15H2,1-2H3,(H,23,25)/t22-/m1/s1. The first-order chi connectivity index (χ1) is 13.6. The van der Waals surface area contributed by atoms with Crippen molar-refractivity contribution in [2.24, 2.45) is 0 Å². The van der Waals surface area contributed by atoms with E-state index in [-0.39, 0.29) is 17.2 Å². The maximum Gasteiger partial charge on any atom is 0.238 e. The van der Waals surface area contributed by atoms with E-state index in [1.54, 1.807) is 11.8 Å². The van der Waals surface area contributed by atoms with E-state index in [2.05, 4.69) is 12.2 Å². The minimum absolute atomic E-state index is 0.0380. The molecular weight excluding hydrogens is 372 g/mol. The molecule has 1 aliphatic rings. The van der Waals surface area contributed by atoms with Gasteiger partial charge in [0.15, 0.2) is 0 Å². The topological polar surface area (TPSA) is 58.6 Å². The lowest BCUT2D eigenvalue weighted by atomic mass is 10.1. The van der Waals surface area contributed by atoms with E-state index in [1.807, 2.05) is 60.4 Å². The molecule has 1 saturated heterocycles. The molecule has 3 rings (SSSR count). The zero-order chi connectivity index (χ0) is 19.9. The first kappa shape index (κ1) is 20.3. The number of rotatable bonds is 8. The predicted octanol–water partition coefficient (Wildman–Crippen LogP) is 4.99. The summed E-state index contributed by atoms with van der Waals surface area (Å²) < 4.78 is 5.49. The number of hydrogen-bond donors (Lipinski definition) is 1. The highest BCUT2D eigenvalue weighted by molar-refractivity contribution is 8.00. The molecule has 0 radical (unpaired) electrons. The number of thioether (sulfide) groups is 1. The second kappa shape index (κ2) is 9.64. The summed E-state index contributed by atoms with van der Waals surface area (Å²) in [6, 6.07) is 15.4. The summed E-state index contributed by atoms with van der Waals surface area (Å²) in [6.07, 6.45) is 2.43. The van der Waals surface area contributed by atoms with Crippen molar-refractivity contribution in [1.29, 1.82) is 0 Å². The average Bonchev–Trinajstić information content (AvgIpc) is 3.09. The Kier molecular flexibility index (Phi) is 6.98. The smallest absolute Gasteiger partial charge is 0.238 e. The Morgan fingerprint density at radius 2 is 1.86 bits per heavy atom. The van der Waals surface area contributed by atoms with Crippen LogP contribution in [-0.4, -0.2) is 24.2 Å². The third kappa shape index (κ3) is 4.87. The van der Waals surface area contributed by atoms with E-state index >= 15 is 0 Å². The maximum absolute atomic E-state index is 12.5. The number of amides is 2. The van der Waals surface area contributed by atoms with Crippen LogP contribution in [-0.2, 0) is 9.59 Å². The highest BCUT2D eigenvalue weighted by Gasteiger charge is 2.34. The van der Waals surface area contributed by atoms with Crippen LogP contribution in [0.25, 0.3) is 0 Å². The van der Waals surface area contributed by atoms with Crippen LogP contribution in [0.15, 0.2) is 48.5 Å². The highest BCUT2D eigenvalue weighted by atomic mass is 32.2. The molecule has 0 aromatic heterocycles. The molecule has 28 heavy (non-hydrogen) atoms. The molecule has 2 amide bonds. The quantitative estimate of drug-likeness (QED) is 0.680. The Hall–Kier alpha value is -2.47. The summed E-state index contributed by atoms with van der Waals surface area (Å²) in [5.41, 5.74) is 2.68. The van der Waals surface area contributed by atoms with Crippen molar-refractivity contribution in [1.82, 2.24) is 0 Å². The second-order valence-corrected chi connectivity index (χ2v) is 7.70. The minimum Gasteiger partial charge on any atom is -0.494 e. The summed E-state index contributed by atoms with van der Waals surface area (Å²) >= 11 is 1.61. The average molecular weight is 399 g/mol. The molecule has 1 atom stereocenters. The molecular formula is C22H26N2O3S. The predicted molar refractivity (Wildman–Crippen MR) is 115 cm³/mol. The van der Waals surface area contributed by atoms with Gasteiger partial charge in [-0.25, -0.2) is 0 Å². The molecule has 0 aliphatic carbocycles. The molecule has 0 unspecified atom stereocenters. The normalized spacial score (nSPS) is 16.3. The van der Waals surface area contributed by atoms with Gasteiger partial charge in [0.05, 0.1) is 12.4 Å². The fraction of sp³-hybridized carbons (Fsp3) is 0.364. The van der Waals surface area contributed by atoms with Crippen LogP contribution in [0.3, 0.4) is 0 Å². The van der Waals surface area contributed by atoms with Crippen molar-refractivity contribution < 1.29 is 14.3 Å². The van der Waals surface area contributed by atoms with Crippen LogP contribution < -0.4 is 15.0 Å². The van der Waals surface area contributed by atoms with Gasteiger partial charge in [-0.05, 0) is 55.3 Å². The molecule has 1 aliphatic heterocycles. The van der Waals surface area contributed by atoms with Crippen molar-refractivity contribution >= 4 is 35.0 Å². The molecule has 1 fully saturated rings. The summed E-state index contributed by atoms with van der Waals surface area (Å²) in [7, 11) is 0. The van der Waals surface area contributed by atoms with Gasteiger partial charge in [0.2, 0.25) is 11.8 Å². The summed E-state index contributed by atoms with van der Waals surface area (Å²) in [4.78, 5) is 26.2. The van der Waals surface area contributed by atoms with E-state index in [1.165, 1.54) is 0 Å². The van der Waals surface area contributed by atoms with Gasteiger partial charge < -0.3 is 10.1 Å². The van der Waals surface area contributed by atoms with Gasteiger partial charge in [-0.2, -0.15) is 0 Å². The lowest BCUT2D eigenvalue weighted by Gasteiger charge is -2.24. The number of unbranched alkanes of at least 4 members (excludes halogenated alkanes) is 1. The Balaban J connectivity index is 1.72. The highest BCUT2D eigenvalue weighted by Crippen LogP contribution is 2.42. The van der Waals surface area contributed by atoms with Crippen molar-refractivity contribution in [3.63, 3.8) is 0 Å². The third-order valence-corrected chi connectivity index (χ3v) is 5.74. The van der Waals surface area contributed by atoms with Crippen LogP contribution >= 0.6 is 11.8 Å². The summed E-state index contributed by atoms with van der Waals surface area (Å²) in [5.74, 6) is 1.38. The SMILES string of the molecule is CCCCC(=O)Nc1ccc([C@H]2SCC(=O)N2c2ccc(OCC)cc2)cc1. The Bertz CT molecular complexity index is 806. The van der Waals surface area contributed by atoms with Gasteiger partial charge in [0, 0.05) is 17.8 Å². The van der Waals surface area contributed by atoms with Gasteiger partial charge in [0.25, 0.3) is 0 Å². The van der Waals surface area contributed by atoms with E-state index in [0.717, 1.165) is 35.5 Å². The third-order valence-electron chi connectivity index (χ3n) is 4.53. The molecule has 6 heteroatoms. The van der Waals surface area contributed by atoms with Crippen molar-refractivity contribution in [2.75, 3.05) is 22.6 Å². The van der Waals surface area contributed by atoms with Crippen LogP contribution in [0.2, 0.25) is 0 Å². The lowest BCUT2D eigenvalue weighted by Crippen LogP contribution is -2.27. The number of hydrogen-bond acceptors (Lipinski definition) is 4. The molecule has 2 aromatic rings. The van der Waals surface area contributed by atoms with Crippen LogP contribution in [0.4, 0.5) is 11.4 Å². The fourth-order valence-electron chi connectivity index (χ4n) is 3.11. The largest absolute Gasteiger partial charge is 0.494 e. The van der Waals surface area contributed by atoms with E-state index < -0.39 is 0 Å². The van der Waals surface area contributed by atoms with Gasteiger partial charge in [-0.3, -0.25) is 14.5 Å². The number of nitrogens with zero attached hydrogens (tertiary/aromatic N) is 1. The van der Waals surface area contributed by atoms with Crippen LogP contribution in [0, 0.1) is 0 Å². The molecule has 1 heterocycles. The molecule has 5 nitrogen and oxygen atoms in total. The maximum atomic E-state index is 12.5. The molecule has 148 valence electrons. The van der Waals surface area contributed by atoms with Crippen molar-refractivity contribution in [2.45, 2.75) is 38.5 Å². The molecule has 1 N–H and O–H groups in total. The molecule has 2 aromatic carbocycles. The van der Waals surface area contributed by atoms with Crippen LogP contribution in [0.5, 0.6) is 5.75 Å². The first-order valence-corrected chi connectivity index (χ1v) is 10.7. The zero-order valence-corrected chi connectivity index (χ0v) is 17.1. The minimum atomic E-state index is -0.0738. The van der Waals surface area contributed by atoms with E-state index in [9.17, 15) is 9.59 Å². The summed E-state index contributed by atoms with van der Waals surface area (Å²) in [5, 5.41) is 2.85. The molecule has 0 spiro atoms. The van der Waals surface area contributed by atoms with Gasteiger partial charge in [0.1, 0.15) is 11.1 Å². The number of carbonyl (C=O) groups excluding carboxylic acids is 2. The van der Waals surface area contributed by atoms with Gasteiger partial charge >= 0.3 is 0 Å². The van der Waals surface area contributed by atoms with Crippen molar-refractivity contribution in [3.05, 3.63) is 54.1 Å². The Labute approximate surface area is 170 Å². The number of ether oxygens (including phenoxy) is 1. The van der Waals surface area contributed by atoms with Gasteiger partial charge in [-0.1, -0.05) is 25.5 Å².